The van der Waals surface area contributed by atoms with E-state index >= 15 is 0 Å². The fourth-order valence-corrected chi connectivity index (χ4v) is 1.95. The van der Waals surface area contributed by atoms with E-state index in [2.05, 4.69) is 4.98 Å². The van der Waals surface area contributed by atoms with E-state index in [1.165, 1.54) is 0 Å². The largest absolute Gasteiger partial charge is 0.397 e. The van der Waals surface area contributed by atoms with Crippen molar-refractivity contribution in [3.63, 3.8) is 0 Å². The molecule has 18 heavy (non-hydrogen) atoms. The van der Waals surface area contributed by atoms with Gasteiger partial charge in [0.05, 0.1) is 32.3 Å². The third-order valence-corrected chi connectivity index (χ3v) is 2.72. The summed E-state index contributed by atoms with van der Waals surface area (Å²) in [5.74, 6) is 0.112. The lowest BCUT2D eigenvalue weighted by molar-refractivity contribution is -0.861. The molecule has 0 aliphatic carbocycles. The van der Waals surface area contributed by atoms with Crippen molar-refractivity contribution in [1.82, 2.24) is 4.98 Å². The van der Waals surface area contributed by atoms with Crippen LogP contribution < -0.4 is 5.73 Å². The summed E-state index contributed by atoms with van der Waals surface area (Å²) in [6.07, 6.45) is 1.69. The van der Waals surface area contributed by atoms with Gasteiger partial charge in [0.25, 0.3) is 0 Å². The zero-order chi connectivity index (χ0) is 13.3. The van der Waals surface area contributed by atoms with Crippen molar-refractivity contribution in [3.8, 4) is 0 Å². The van der Waals surface area contributed by atoms with Gasteiger partial charge in [-0.05, 0) is 18.2 Å². The standard InChI is InChI=1S/C14H17N3O/c1-17(2,3)9-13(18)10-6-7-12(15)14-11(10)5-4-8-16-14/h4-8H,9H2,1-3H3,(H-,15,18)/p+1. The molecule has 1 aromatic carbocycles. The van der Waals surface area contributed by atoms with Crippen LogP contribution in [0.5, 0.6) is 0 Å². The van der Waals surface area contributed by atoms with Crippen molar-refractivity contribution in [2.24, 2.45) is 0 Å². The Balaban J connectivity index is 2.52. The lowest BCUT2D eigenvalue weighted by atomic mass is 10.0. The van der Waals surface area contributed by atoms with Crippen molar-refractivity contribution in [2.45, 2.75) is 0 Å². The number of pyridine rings is 1. The highest BCUT2D eigenvalue weighted by Gasteiger charge is 2.18. The molecule has 0 fully saturated rings. The van der Waals surface area contributed by atoms with Crippen molar-refractivity contribution in [3.05, 3.63) is 36.0 Å². The number of anilines is 1. The second-order valence-electron chi connectivity index (χ2n) is 5.47. The molecule has 0 aliphatic heterocycles. The maximum atomic E-state index is 12.3. The second-order valence-corrected chi connectivity index (χ2v) is 5.47. The minimum Gasteiger partial charge on any atom is -0.397 e. The van der Waals surface area contributed by atoms with Gasteiger partial charge in [-0.2, -0.15) is 0 Å². The van der Waals surface area contributed by atoms with Crippen LogP contribution in [0.4, 0.5) is 5.69 Å². The lowest BCUT2D eigenvalue weighted by Crippen LogP contribution is -2.39. The zero-order valence-corrected chi connectivity index (χ0v) is 11.0. The predicted molar refractivity (Wildman–Crippen MR) is 73.4 cm³/mol. The fraction of sp³-hybridized carbons (Fsp3) is 0.286. The van der Waals surface area contributed by atoms with Crippen molar-refractivity contribution < 1.29 is 9.28 Å². The first-order chi connectivity index (χ1) is 8.38. The molecule has 0 saturated heterocycles. The highest BCUT2D eigenvalue weighted by molar-refractivity contribution is 6.10. The molecule has 2 aromatic rings. The van der Waals surface area contributed by atoms with Gasteiger partial charge in [-0.3, -0.25) is 9.78 Å². The van der Waals surface area contributed by atoms with E-state index < -0.39 is 0 Å². The highest BCUT2D eigenvalue weighted by Crippen LogP contribution is 2.23. The Morgan fingerprint density at radius 2 is 2.00 bits per heavy atom. The van der Waals surface area contributed by atoms with Crippen molar-refractivity contribution in [1.29, 1.82) is 0 Å². The van der Waals surface area contributed by atoms with Gasteiger partial charge >= 0.3 is 0 Å². The van der Waals surface area contributed by atoms with E-state index in [0.717, 1.165) is 5.39 Å². The molecule has 0 spiro atoms. The van der Waals surface area contributed by atoms with E-state index in [0.29, 0.717) is 27.8 Å². The van der Waals surface area contributed by atoms with E-state index in [-0.39, 0.29) is 5.78 Å². The summed E-state index contributed by atoms with van der Waals surface area (Å²) >= 11 is 0. The molecule has 0 saturated carbocycles. The fourth-order valence-electron chi connectivity index (χ4n) is 1.95. The number of hydrogen-bond acceptors (Lipinski definition) is 3. The molecule has 1 aromatic heterocycles. The zero-order valence-electron chi connectivity index (χ0n) is 11.0. The van der Waals surface area contributed by atoms with Crippen LogP contribution in [-0.2, 0) is 0 Å². The quantitative estimate of drug-likeness (QED) is 0.508. The number of Topliss-reactive ketones (excluding diaryl/α,β-unsaturated/α-hetero) is 1. The van der Waals surface area contributed by atoms with Crippen LogP contribution in [0, 0.1) is 0 Å². The van der Waals surface area contributed by atoms with Crippen molar-refractivity contribution >= 4 is 22.4 Å². The van der Waals surface area contributed by atoms with Gasteiger partial charge in [-0.1, -0.05) is 6.07 Å². The van der Waals surface area contributed by atoms with Crippen molar-refractivity contribution in [2.75, 3.05) is 33.4 Å². The molecule has 0 radical (unpaired) electrons. The van der Waals surface area contributed by atoms with Gasteiger partial charge in [-0.25, -0.2) is 0 Å². The summed E-state index contributed by atoms with van der Waals surface area (Å²) in [5, 5.41) is 0.830. The summed E-state index contributed by atoms with van der Waals surface area (Å²) in [6.45, 7) is 0.452. The van der Waals surface area contributed by atoms with E-state index in [4.69, 9.17) is 5.73 Å². The number of nitrogen functional groups attached to an aromatic ring is 1. The van der Waals surface area contributed by atoms with Crippen LogP contribution in [0.3, 0.4) is 0 Å². The summed E-state index contributed by atoms with van der Waals surface area (Å²) in [6, 6.07) is 7.25. The Hall–Kier alpha value is -1.94. The average molecular weight is 244 g/mol. The van der Waals surface area contributed by atoms with Crippen LogP contribution in [0.1, 0.15) is 10.4 Å². The Labute approximate surface area is 107 Å². The summed E-state index contributed by atoms with van der Waals surface area (Å²) in [5.41, 5.74) is 7.87. The normalized spacial score (nSPS) is 11.7. The topological polar surface area (TPSA) is 56.0 Å². The van der Waals surface area contributed by atoms with E-state index in [1.807, 2.05) is 33.3 Å². The SMILES string of the molecule is C[N+](C)(C)CC(=O)c1ccc(N)c2ncccc12. The Kier molecular flexibility index (Phi) is 3.05. The van der Waals surface area contributed by atoms with Gasteiger partial charge in [0.2, 0.25) is 5.78 Å². The number of nitrogens with two attached hydrogens (primary N) is 1. The number of rotatable bonds is 3. The van der Waals surface area contributed by atoms with Gasteiger partial charge in [0.1, 0.15) is 6.54 Å². The molecule has 0 aliphatic rings. The monoisotopic (exact) mass is 244 g/mol. The average Bonchev–Trinajstić information content (AvgIpc) is 2.27. The molecule has 94 valence electrons. The Bertz CT molecular complexity index is 600. The third kappa shape index (κ3) is 2.49. The van der Waals surface area contributed by atoms with Gasteiger partial charge in [0, 0.05) is 17.1 Å². The number of carbonyl (C=O) groups is 1. The Morgan fingerprint density at radius 1 is 1.28 bits per heavy atom. The van der Waals surface area contributed by atoms with Crippen LogP contribution in [0.2, 0.25) is 0 Å². The third-order valence-electron chi connectivity index (χ3n) is 2.72. The van der Waals surface area contributed by atoms with Crippen LogP contribution in [-0.4, -0.2) is 42.9 Å². The molecule has 2 N–H and O–H groups in total. The highest BCUT2D eigenvalue weighted by atomic mass is 16.1. The molecule has 0 atom stereocenters. The molecular weight excluding hydrogens is 226 g/mol. The molecule has 0 bridgehead atoms. The number of aromatic nitrogens is 1. The summed E-state index contributed by atoms with van der Waals surface area (Å²) in [7, 11) is 5.99. The van der Waals surface area contributed by atoms with Gasteiger partial charge in [0.15, 0.2) is 0 Å². The number of hydrogen-bond donors (Lipinski definition) is 1. The summed E-state index contributed by atoms with van der Waals surface area (Å²) in [4.78, 5) is 16.5. The number of likely N-dealkylation sites (N-methyl/N-ethyl adjacent to an activating group) is 1. The molecule has 2 rings (SSSR count). The van der Waals surface area contributed by atoms with Gasteiger partial charge in [-0.15, -0.1) is 0 Å². The number of ketones is 1. The van der Waals surface area contributed by atoms with Gasteiger partial charge < -0.3 is 10.2 Å². The molecule has 4 heteroatoms. The first-order valence-electron chi connectivity index (χ1n) is 5.85. The predicted octanol–water partition coefficient (Wildman–Crippen LogP) is 1.71. The minimum atomic E-state index is 0.112. The van der Waals surface area contributed by atoms with Crippen LogP contribution in [0.25, 0.3) is 10.9 Å². The molecule has 0 unspecified atom stereocenters. The molecule has 4 nitrogen and oxygen atoms in total. The number of carbonyl (C=O) groups excluding carboxylic acids is 1. The van der Waals surface area contributed by atoms with E-state index in [1.54, 1.807) is 18.3 Å². The van der Waals surface area contributed by atoms with E-state index in [9.17, 15) is 4.79 Å². The number of quaternary nitrogens is 1. The Morgan fingerprint density at radius 3 is 2.67 bits per heavy atom. The number of fused-ring (bicyclic) bond motifs is 1. The van der Waals surface area contributed by atoms with Crippen LogP contribution in [0.15, 0.2) is 30.5 Å². The maximum absolute atomic E-state index is 12.3. The molecule has 1 heterocycles. The first-order valence-corrected chi connectivity index (χ1v) is 5.85. The summed E-state index contributed by atoms with van der Waals surface area (Å²) < 4.78 is 0.602. The van der Waals surface area contributed by atoms with Crippen LogP contribution >= 0.6 is 0 Å². The smallest absolute Gasteiger partial charge is 0.217 e. The second kappa shape index (κ2) is 4.38. The molecular formula is C14H18N3O+. The lowest BCUT2D eigenvalue weighted by Gasteiger charge is -2.23. The number of nitrogens with zero attached hydrogens (tertiary/aromatic N) is 2. The minimum absolute atomic E-state index is 0.112. The number of benzene rings is 1. The first kappa shape index (κ1) is 12.5. The molecule has 0 amide bonds. The maximum Gasteiger partial charge on any atom is 0.217 e.